The predicted molar refractivity (Wildman–Crippen MR) is 80.6 cm³/mol. The van der Waals surface area contributed by atoms with Crippen molar-refractivity contribution in [1.29, 1.82) is 0 Å². The molecule has 2 N–H and O–H groups in total. The van der Waals surface area contributed by atoms with E-state index in [1.165, 1.54) is 18.3 Å². The lowest BCUT2D eigenvalue weighted by Gasteiger charge is -2.23. The lowest BCUT2D eigenvalue weighted by Crippen LogP contribution is -2.34. The summed E-state index contributed by atoms with van der Waals surface area (Å²) in [6.07, 6.45) is -0.492. The van der Waals surface area contributed by atoms with E-state index in [-0.39, 0.29) is 11.8 Å². The molecule has 2 aromatic rings. The summed E-state index contributed by atoms with van der Waals surface area (Å²) in [5.41, 5.74) is 2.21. The average Bonchev–Trinajstić information content (AvgIpc) is 2.87. The molecule has 7 heteroatoms. The molecule has 0 spiro atoms. The molecule has 0 aliphatic carbocycles. The van der Waals surface area contributed by atoms with E-state index in [0.717, 1.165) is 11.3 Å². The second-order valence-electron chi connectivity index (χ2n) is 4.68. The third-order valence-electron chi connectivity index (χ3n) is 2.99. The summed E-state index contributed by atoms with van der Waals surface area (Å²) in [6, 6.07) is 5.49. The topological polar surface area (TPSA) is 80.3 Å². The monoisotopic (exact) mass is 303 g/mol. The minimum Gasteiger partial charge on any atom is -0.479 e. The van der Waals surface area contributed by atoms with Gasteiger partial charge in [-0.1, -0.05) is 0 Å². The number of aromatic nitrogens is 1. The maximum absolute atomic E-state index is 11.6. The normalized spacial score (nSPS) is 16.7. The third kappa shape index (κ3) is 2.73. The molecule has 21 heavy (non-hydrogen) atoms. The Labute approximate surface area is 125 Å². The molecule has 1 aliphatic rings. The Balaban J connectivity index is 1.90. The molecule has 0 saturated carbocycles. The van der Waals surface area contributed by atoms with E-state index >= 15 is 0 Å². The highest BCUT2D eigenvalue weighted by molar-refractivity contribution is 7.14. The number of anilines is 2. The van der Waals surface area contributed by atoms with Gasteiger partial charge in [0, 0.05) is 17.9 Å². The van der Waals surface area contributed by atoms with Gasteiger partial charge in [-0.05, 0) is 25.1 Å². The summed E-state index contributed by atoms with van der Waals surface area (Å²) in [6.45, 7) is 3.14. The number of thiazole rings is 1. The van der Waals surface area contributed by atoms with E-state index in [1.54, 1.807) is 13.0 Å². The van der Waals surface area contributed by atoms with Gasteiger partial charge >= 0.3 is 0 Å². The van der Waals surface area contributed by atoms with Crippen molar-refractivity contribution >= 4 is 34.0 Å². The Hall–Kier alpha value is -2.41. The number of ether oxygens (including phenoxy) is 1. The highest BCUT2D eigenvalue weighted by Crippen LogP contribution is 2.34. The molecular formula is C14H13N3O3S. The van der Waals surface area contributed by atoms with Crippen molar-refractivity contribution in [3.8, 4) is 17.0 Å². The quantitative estimate of drug-likeness (QED) is 0.893. The lowest BCUT2D eigenvalue weighted by atomic mass is 10.1. The minimum atomic E-state index is -0.492. The highest BCUT2D eigenvalue weighted by Gasteiger charge is 2.23. The number of amides is 2. The zero-order chi connectivity index (χ0) is 15.0. The maximum atomic E-state index is 11.6. The first-order chi connectivity index (χ1) is 10.0. The second kappa shape index (κ2) is 5.17. The number of nitrogens with one attached hydrogen (secondary N) is 2. The number of carbonyl (C=O) groups excluding carboxylic acids is 2. The predicted octanol–water partition coefficient (Wildman–Crippen LogP) is 2.49. The lowest BCUT2D eigenvalue weighted by molar-refractivity contribution is -0.122. The van der Waals surface area contributed by atoms with Crippen LogP contribution in [0.3, 0.4) is 0 Å². The zero-order valence-corrected chi connectivity index (χ0v) is 12.3. The van der Waals surface area contributed by atoms with E-state index in [1.807, 2.05) is 17.5 Å². The number of nitrogens with zero attached hydrogens (tertiary/aromatic N) is 1. The van der Waals surface area contributed by atoms with Crippen LogP contribution in [0.2, 0.25) is 0 Å². The number of carbonyl (C=O) groups is 2. The Morgan fingerprint density at radius 3 is 3.05 bits per heavy atom. The average molecular weight is 303 g/mol. The van der Waals surface area contributed by atoms with Gasteiger partial charge in [0.05, 0.1) is 11.4 Å². The molecule has 6 nitrogen and oxygen atoms in total. The molecule has 0 bridgehead atoms. The van der Waals surface area contributed by atoms with Crippen molar-refractivity contribution in [2.45, 2.75) is 20.0 Å². The number of hydrogen-bond acceptors (Lipinski definition) is 5. The molecule has 2 amide bonds. The summed E-state index contributed by atoms with van der Waals surface area (Å²) < 4.78 is 5.51. The molecule has 1 aromatic heterocycles. The van der Waals surface area contributed by atoms with Gasteiger partial charge in [0.2, 0.25) is 5.91 Å². The summed E-state index contributed by atoms with van der Waals surface area (Å²) in [4.78, 5) is 27.0. The molecule has 2 heterocycles. The summed E-state index contributed by atoms with van der Waals surface area (Å²) in [5, 5.41) is 7.84. The van der Waals surface area contributed by atoms with Crippen molar-refractivity contribution in [1.82, 2.24) is 4.98 Å². The van der Waals surface area contributed by atoms with Crippen molar-refractivity contribution in [2.24, 2.45) is 0 Å². The smallest absolute Gasteiger partial charge is 0.265 e. The summed E-state index contributed by atoms with van der Waals surface area (Å²) in [7, 11) is 0. The Bertz CT molecular complexity index is 726. The molecule has 0 unspecified atom stereocenters. The van der Waals surface area contributed by atoms with Gasteiger partial charge in [0.15, 0.2) is 11.2 Å². The molecule has 0 fully saturated rings. The van der Waals surface area contributed by atoms with Crippen molar-refractivity contribution < 1.29 is 14.3 Å². The SMILES string of the molecule is CC(=O)Nc1nc(-c2ccc3c(c2)NC(=O)[C@H](C)O3)cs1. The largest absolute Gasteiger partial charge is 0.479 e. The molecule has 108 valence electrons. The Kier molecular flexibility index (Phi) is 3.34. The number of fused-ring (bicyclic) bond motifs is 1. The van der Waals surface area contributed by atoms with Crippen molar-refractivity contribution in [2.75, 3.05) is 10.6 Å². The first-order valence-corrected chi connectivity index (χ1v) is 7.26. The van der Waals surface area contributed by atoms with E-state index in [0.29, 0.717) is 16.6 Å². The van der Waals surface area contributed by atoms with Gasteiger partial charge in [0.1, 0.15) is 5.75 Å². The third-order valence-corrected chi connectivity index (χ3v) is 3.75. The molecular weight excluding hydrogens is 290 g/mol. The fourth-order valence-electron chi connectivity index (χ4n) is 1.98. The van der Waals surface area contributed by atoms with Crippen LogP contribution in [0.1, 0.15) is 13.8 Å². The standard InChI is InChI=1S/C14H13N3O3S/c1-7-13(19)16-10-5-9(3-4-12(10)20-7)11-6-21-14(17-11)15-8(2)18/h3-7H,1-2H3,(H,16,19)(H,15,17,18)/t7-/m0/s1. The van der Waals surface area contributed by atoms with Crippen LogP contribution in [0.4, 0.5) is 10.8 Å². The molecule has 1 aromatic carbocycles. The number of benzene rings is 1. The number of rotatable bonds is 2. The van der Waals surface area contributed by atoms with Crippen LogP contribution in [0, 0.1) is 0 Å². The molecule has 0 radical (unpaired) electrons. The molecule has 1 atom stereocenters. The van der Waals surface area contributed by atoms with Crippen LogP contribution < -0.4 is 15.4 Å². The number of hydrogen-bond donors (Lipinski definition) is 2. The summed E-state index contributed by atoms with van der Waals surface area (Å²) in [5.74, 6) is 0.316. The van der Waals surface area contributed by atoms with Crippen LogP contribution in [0.5, 0.6) is 5.75 Å². The van der Waals surface area contributed by atoms with Crippen molar-refractivity contribution in [3.63, 3.8) is 0 Å². The Morgan fingerprint density at radius 2 is 2.29 bits per heavy atom. The van der Waals surface area contributed by atoms with Crippen LogP contribution in [-0.2, 0) is 9.59 Å². The van der Waals surface area contributed by atoms with Crippen LogP contribution >= 0.6 is 11.3 Å². The van der Waals surface area contributed by atoms with Crippen LogP contribution in [0.15, 0.2) is 23.6 Å². The Morgan fingerprint density at radius 1 is 1.48 bits per heavy atom. The zero-order valence-electron chi connectivity index (χ0n) is 11.5. The van der Waals surface area contributed by atoms with E-state index in [2.05, 4.69) is 15.6 Å². The van der Waals surface area contributed by atoms with E-state index in [4.69, 9.17) is 4.74 Å². The molecule has 3 rings (SSSR count). The van der Waals surface area contributed by atoms with E-state index < -0.39 is 6.10 Å². The van der Waals surface area contributed by atoms with Gasteiger partial charge < -0.3 is 15.4 Å². The molecule has 0 saturated heterocycles. The van der Waals surface area contributed by atoms with Crippen LogP contribution in [-0.4, -0.2) is 22.9 Å². The fourth-order valence-corrected chi connectivity index (χ4v) is 2.75. The molecule has 1 aliphatic heterocycles. The fraction of sp³-hybridized carbons (Fsp3) is 0.214. The van der Waals surface area contributed by atoms with Gasteiger partial charge in [-0.3, -0.25) is 9.59 Å². The van der Waals surface area contributed by atoms with Crippen molar-refractivity contribution in [3.05, 3.63) is 23.6 Å². The first kappa shape index (κ1) is 13.6. The minimum absolute atomic E-state index is 0.156. The maximum Gasteiger partial charge on any atom is 0.265 e. The highest BCUT2D eigenvalue weighted by atomic mass is 32.1. The van der Waals surface area contributed by atoms with Gasteiger partial charge in [0.25, 0.3) is 5.91 Å². The summed E-state index contributed by atoms with van der Waals surface area (Å²) >= 11 is 1.35. The van der Waals surface area contributed by atoms with Crippen LogP contribution in [0.25, 0.3) is 11.3 Å². The van der Waals surface area contributed by atoms with Gasteiger partial charge in [-0.15, -0.1) is 11.3 Å². The first-order valence-electron chi connectivity index (χ1n) is 6.38. The van der Waals surface area contributed by atoms with E-state index in [9.17, 15) is 9.59 Å². The van der Waals surface area contributed by atoms with Gasteiger partial charge in [-0.25, -0.2) is 4.98 Å². The second-order valence-corrected chi connectivity index (χ2v) is 5.54. The van der Waals surface area contributed by atoms with Gasteiger partial charge in [-0.2, -0.15) is 0 Å².